The van der Waals surface area contributed by atoms with Gasteiger partial charge in [-0.15, -0.1) is 0 Å². The van der Waals surface area contributed by atoms with Gasteiger partial charge in [0.25, 0.3) is 5.91 Å². The molecule has 0 bridgehead atoms. The van der Waals surface area contributed by atoms with Crippen LogP contribution < -0.4 is 14.8 Å². The summed E-state index contributed by atoms with van der Waals surface area (Å²) in [4.78, 5) is 23.8. The van der Waals surface area contributed by atoms with Gasteiger partial charge in [0.2, 0.25) is 0 Å². The van der Waals surface area contributed by atoms with Crippen LogP contribution in [0, 0.1) is 0 Å². The van der Waals surface area contributed by atoms with Crippen molar-refractivity contribution in [2.75, 3.05) is 20.8 Å². The van der Waals surface area contributed by atoms with Gasteiger partial charge in [0.05, 0.1) is 19.8 Å². The lowest BCUT2D eigenvalue weighted by Gasteiger charge is -2.22. The number of carbonyl (C=O) groups excluding carboxylic acids is 2. The fourth-order valence-electron chi connectivity index (χ4n) is 2.69. The monoisotopic (exact) mass is 321 g/mol. The smallest absolute Gasteiger partial charge is 0.338 e. The van der Waals surface area contributed by atoms with Gasteiger partial charge in [0.15, 0.2) is 18.1 Å². The van der Waals surface area contributed by atoms with Crippen LogP contribution in [-0.2, 0) is 9.53 Å². The third kappa shape index (κ3) is 4.87. The van der Waals surface area contributed by atoms with Crippen LogP contribution in [0.4, 0.5) is 0 Å². The van der Waals surface area contributed by atoms with Crippen molar-refractivity contribution >= 4 is 11.9 Å². The van der Waals surface area contributed by atoms with Gasteiger partial charge >= 0.3 is 5.97 Å². The van der Waals surface area contributed by atoms with Crippen molar-refractivity contribution in [3.8, 4) is 11.5 Å². The van der Waals surface area contributed by atoms with E-state index in [-0.39, 0.29) is 18.6 Å². The molecule has 1 saturated carbocycles. The number of methoxy groups -OCH3 is 2. The van der Waals surface area contributed by atoms with E-state index in [9.17, 15) is 9.59 Å². The quantitative estimate of drug-likeness (QED) is 0.814. The van der Waals surface area contributed by atoms with E-state index in [1.165, 1.54) is 26.7 Å². The summed E-state index contributed by atoms with van der Waals surface area (Å²) in [5, 5.41) is 2.91. The van der Waals surface area contributed by atoms with Crippen LogP contribution in [0.15, 0.2) is 18.2 Å². The van der Waals surface area contributed by atoms with Crippen LogP contribution in [0.2, 0.25) is 0 Å². The maximum atomic E-state index is 12.0. The second-order valence-corrected chi connectivity index (χ2v) is 5.55. The zero-order chi connectivity index (χ0) is 16.7. The Bertz CT molecular complexity index is 552. The number of hydrogen-bond acceptors (Lipinski definition) is 5. The number of hydrogen-bond donors (Lipinski definition) is 1. The summed E-state index contributed by atoms with van der Waals surface area (Å²) in [6.45, 7) is -0.274. The van der Waals surface area contributed by atoms with Gasteiger partial charge in [-0.1, -0.05) is 19.3 Å². The Morgan fingerprint density at radius 1 is 1.09 bits per heavy atom. The van der Waals surface area contributed by atoms with Gasteiger partial charge < -0.3 is 19.5 Å². The molecule has 1 aliphatic rings. The largest absolute Gasteiger partial charge is 0.493 e. The minimum Gasteiger partial charge on any atom is -0.493 e. The van der Waals surface area contributed by atoms with E-state index in [2.05, 4.69) is 5.32 Å². The summed E-state index contributed by atoms with van der Waals surface area (Å²) in [6, 6.07) is 4.93. The molecule has 0 spiro atoms. The molecule has 0 aromatic heterocycles. The van der Waals surface area contributed by atoms with E-state index < -0.39 is 5.97 Å². The first-order chi connectivity index (χ1) is 11.1. The van der Waals surface area contributed by atoms with Crippen LogP contribution in [0.1, 0.15) is 42.5 Å². The summed E-state index contributed by atoms with van der Waals surface area (Å²) in [5.74, 6) is 0.142. The molecule has 1 aromatic rings. The van der Waals surface area contributed by atoms with E-state index in [4.69, 9.17) is 14.2 Å². The summed E-state index contributed by atoms with van der Waals surface area (Å²) < 4.78 is 15.3. The van der Waals surface area contributed by atoms with E-state index >= 15 is 0 Å². The van der Waals surface area contributed by atoms with E-state index in [0.29, 0.717) is 17.1 Å². The van der Waals surface area contributed by atoms with Crippen molar-refractivity contribution in [3.05, 3.63) is 23.8 Å². The minimum atomic E-state index is -0.565. The zero-order valence-electron chi connectivity index (χ0n) is 13.6. The average molecular weight is 321 g/mol. The Balaban J connectivity index is 1.85. The molecule has 1 fully saturated rings. The van der Waals surface area contributed by atoms with Crippen LogP contribution >= 0.6 is 0 Å². The molecule has 1 N–H and O–H groups in total. The van der Waals surface area contributed by atoms with E-state index in [1.807, 2.05) is 0 Å². The average Bonchev–Trinajstić information content (AvgIpc) is 2.59. The van der Waals surface area contributed by atoms with Crippen molar-refractivity contribution in [3.63, 3.8) is 0 Å². The molecule has 126 valence electrons. The molecule has 1 aliphatic carbocycles. The molecule has 23 heavy (non-hydrogen) atoms. The predicted molar refractivity (Wildman–Crippen MR) is 84.8 cm³/mol. The lowest BCUT2D eigenvalue weighted by molar-refractivity contribution is -0.125. The van der Waals surface area contributed by atoms with Gasteiger partial charge in [-0.2, -0.15) is 0 Å². The number of ether oxygens (including phenoxy) is 3. The Kier molecular flexibility index (Phi) is 6.26. The first-order valence-electron chi connectivity index (χ1n) is 7.82. The summed E-state index contributed by atoms with van der Waals surface area (Å²) >= 11 is 0. The van der Waals surface area contributed by atoms with Crippen LogP contribution in [0.3, 0.4) is 0 Å². The summed E-state index contributed by atoms with van der Waals surface area (Å²) in [7, 11) is 3.01. The Labute approximate surface area is 136 Å². The Morgan fingerprint density at radius 3 is 2.43 bits per heavy atom. The molecule has 0 unspecified atom stereocenters. The number of nitrogens with one attached hydrogen (secondary N) is 1. The second kappa shape index (κ2) is 8.41. The summed E-state index contributed by atoms with van der Waals surface area (Å²) in [6.07, 6.45) is 5.48. The molecule has 2 rings (SSSR count). The Morgan fingerprint density at radius 2 is 1.78 bits per heavy atom. The number of benzene rings is 1. The highest BCUT2D eigenvalue weighted by Gasteiger charge is 2.17. The molecular weight excluding hydrogens is 298 g/mol. The third-order valence-electron chi connectivity index (χ3n) is 3.92. The van der Waals surface area contributed by atoms with E-state index in [1.54, 1.807) is 12.1 Å². The topological polar surface area (TPSA) is 73.9 Å². The minimum absolute atomic E-state index is 0.205. The maximum Gasteiger partial charge on any atom is 0.338 e. The van der Waals surface area contributed by atoms with Gasteiger partial charge in [0, 0.05) is 6.04 Å². The molecular formula is C17H23NO5. The molecule has 6 heteroatoms. The number of amides is 1. The maximum absolute atomic E-state index is 12.0. The number of rotatable bonds is 6. The number of carbonyl (C=O) groups is 2. The molecule has 0 heterocycles. The van der Waals surface area contributed by atoms with Crippen molar-refractivity contribution in [2.45, 2.75) is 38.1 Å². The lowest BCUT2D eigenvalue weighted by Crippen LogP contribution is -2.38. The number of esters is 1. The third-order valence-corrected chi connectivity index (χ3v) is 3.92. The van der Waals surface area contributed by atoms with Crippen molar-refractivity contribution in [1.29, 1.82) is 0 Å². The highest BCUT2D eigenvalue weighted by atomic mass is 16.5. The zero-order valence-corrected chi connectivity index (χ0v) is 13.6. The molecule has 6 nitrogen and oxygen atoms in total. The molecule has 0 atom stereocenters. The van der Waals surface area contributed by atoms with Gasteiger partial charge in [0.1, 0.15) is 0 Å². The van der Waals surface area contributed by atoms with Crippen LogP contribution in [-0.4, -0.2) is 38.7 Å². The standard InChI is InChI=1S/C17H23NO5/c1-21-14-9-8-12(10-15(14)22-2)17(20)23-11-16(19)18-13-6-4-3-5-7-13/h8-10,13H,3-7,11H2,1-2H3,(H,18,19). The van der Waals surface area contributed by atoms with Crippen molar-refractivity contribution in [1.82, 2.24) is 5.32 Å². The summed E-state index contributed by atoms with van der Waals surface area (Å²) in [5.41, 5.74) is 0.313. The highest BCUT2D eigenvalue weighted by Crippen LogP contribution is 2.27. The SMILES string of the molecule is COc1ccc(C(=O)OCC(=O)NC2CCCCC2)cc1OC. The van der Waals surface area contributed by atoms with Crippen LogP contribution in [0.5, 0.6) is 11.5 Å². The van der Waals surface area contributed by atoms with Gasteiger partial charge in [-0.25, -0.2) is 4.79 Å². The lowest BCUT2D eigenvalue weighted by atomic mass is 9.95. The molecule has 0 radical (unpaired) electrons. The fourth-order valence-corrected chi connectivity index (χ4v) is 2.69. The normalized spacial score (nSPS) is 14.9. The first kappa shape index (κ1) is 17.1. The van der Waals surface area contributed by atoms with E-state index in [0.717, 1.165) is 25.7 Å². The molecule has 1 amide bonds. The van der Waals surface area contributed by atoms with Crippen LogP contribution in [0.25, 0.3) is 0 Å². The Hall–Kier alpha value is -2.24. The van der Waals surface area contributed by atoms with Gasteiger partial charge in [-0.05, 0) is 31.0 Å². The van der Waals surface area contributed by atoms with Crippen molar-refractivity contribution in [2.24, 2.45) is 0 Å². The predicted octanol–water partition coefficient (Wildman–Crippen LogP) is 2.31. The highest BCUT2D eigenvalue weighted by molar-refractivity contribution is 5.92. The van der Waals surface area contributed by atoms with Crippen molar-refractivity contribution < 1.29 is 23.8 Å². The first-order valence-corrected chi connectivity index (χ1v) is 7.82. The van der Waals surface area contributed by atoms with Gasteiger partial charge in [-0.3, -0.25) is 4.79 Å². The second-order valence-electron chi connectivity index (χ2n) is 5.55. The molecule has 0 aliphatic heterocycles. The molecule has 0 saturated heterocycles. The fraction of sp³-hybridized carbons (Fsp3) is 0.529. The molecule has 1 aromatic carbocycles.